The molecular weight excluding hydrogens is 889 g/mol. The van der Waals surface area contributed by atoms with Crippen LogP contribution < -0.4 is 0 Å². The predicted molar refractivity (Wildman–Crippen MR) is 316 cm³/mol. The van der Waals surface area contributed by atoms with Crippen molar-refractivity contribution in [1.29, 1.82) is 0 Å². The second kappa shape index (κ2) is 24.1. The molecule has 0 unspecified atom stereocenters. The summed E-state index contributed by atoms with van der Waals surface area (Å²) < 4.78 is 0. The average Bonchev–Trinajstić information content (AvgIpc) is 3.42. The summed E-state index contributed by atoms with van der Waals surface area (Å²) in [6.45, 7) is 21.1. The minimum absolute atomic E-state index is 0.800. The first kappa shape index (κ1) is 51.6. The quantitative estimate of drug-likeness (QED) is 0.154. The van der Waals surface area contributed by atoms with Gasteiger partial charge in [0, 0.05) is 66.8 Å². The summed E-state index contributed by atoms with van der Waals surface area (Å²) in [7, 11) is 0. The fraction of sp³-hybridized carbons (Fsp3) is 0.162. The largest absolute Gasteiger partial charge is 0.0730 e. The van der Waals surface area contributed by atoms with E-state index in [1.54, 1.807) is 0 Å². The maximum Gasteiger partial charge on any atom is 0.0431 e. The Morgan fingerprint density at radius 3 is 0.716 bits per heavy atom. The molecule has 0 atom stereocenters. The van der Waals surface area contributed by atoms with Crippen LogP contribution >= 0.6 is 0 Å². The third-order valence-electron chi connectivity index (χ3n) is 13.2. The van der Waals surface area contributed by atoms with Gasteiger partial charge in [0.2, 0.25) is 0 Å². The second-order valence-electron chi connectivity index (χ2n) is 19.3. The van der Waals surface area contributed by atoms with Crippen LogP contribution in [0, 0.1) is 95.8 Å². The van der Waals surface area contributed by atoms with Crippen molar-refractivity contribution >= 4 is 16.7 Å². The minimum Gasteiger partial charge on any atom is -0.0730 e. The van der Waals surface area contributed by atoms with Gasteiger partial charge in [-0.2, -0.15) is 0 Å². The van der Waals surface area contributed by atoms with E-state index in [2.05, 4.69) is 285 Å². The summed E-state index contributed by atoms with van der Waals surface area (Å²) in [5, 5.41) is 0. The Morgan fingerprint density at radius 1 is 0.243 bits per heavy atom. The van der Waals surface area contributed by atoms with E-state index in [9.17, 15) is 0 Å². The maximum absolute atomic E-state index is 3.94. The van der Waals surface area contributed by atoms with Gasteiger partial charge in [-0.15, -0.1) is 0 Å². The first-order chi connectivity index (χ1) is 35.9. The van der Waals surface area contributed by atoms with Gasteiger partial charge in [-0.25, -0.2) is 0 Å². The maximum atomic E-state index is 3.94. The van der Waals surface area contributed by atoms with Crippen LogP contribution in [-0.2, 0) is 0 Å². The first-order valence-electron chi connectivity index (χ1n) is 25.9. The highest BCUT2D eigenvalue weighted by Crippen LogP contribution is 2.48. The Balaban J connectivity index is 0.00000360. The molecule has 0 aromatic heterocycles. The molecule has 7 aromatic carbocycles. The molecule has 2 aliphatic carbocycles. The van der Waals surface area contributed by atoms with Crippen molar-refractivity contribution in [3.8, 4) is 47.4 Å². The number of allylic oxidation sites excluding steroid dienone is 12. The highest BCUT2D eigenvalue weighted by molar-refractivity contribution is 6.11. The van der Waals surface area contributed by atoms with Gasteiger partial charge in [0.05, 0.1) is 0 Å². The van der Waals surface area contributed by atoms with E-state index >= 15 is 0 Å². The molecule has 2 aliphatic rings. The molecule has 0 heterocycles. The van der Waals surface area contributed by atoms with Gasteiger partial charge in [0.15, 0.2) is 0 Å². The van der Waals surface area contributed by atoms with Crippen LogP contribution in [0.25, 0.3) is 16.7 Å². The van der Waals surface area contributed by atoms with Gasteiger partial charge in [0.1, 0.15) is 0 Å². The van der Waals surface area contributed by atoms with Gasteiger partial charge in [0.25, 0.3) is 0 Å². The molecule has 0 heteroatoms. The lowest BCUT2D eigenvalue weighted by Crippen LogP contribution is -2.12. The van der Waals surface area contributed by atoms with Gasteiger partial charge in [-0.05, 0) is 139 Å². The van der Waals surface area contributed by atoms with Crippen molar-refractivity contribution < 1.29 is 0 Å². The van der Waals surface area contributed by atoms with Gasteiger partial charge >= 0.3 is 0 Å². The smallest absolute Gasteiger partial charge is 0.0431 e. The lowest BCUT2D eigenvalue weighted by Gasteiger charge is -2.28. The van der Waals surface area contributed by atoms with E-state index in [-0.39, 0.29) is 0 Å². The van der Waals surface area contributed by atoms with Crippen LogP contribution in [0.3, 0.4) is 0 Å². The molecule has 0 radical (unpaired) electrons. The molecule has 74 heavy (non-hydrogen) atoms. The normalized spacial score (nSPS) is 17.1. The van der Waals surface area contributed by atoms with Gasteiger partial charge in [-0.1, -0.05) is 239 Å². The molecule has 0 saturated carbocycles. The molecule has 7 aromatic rings. The van der Waals surface area contributed by atoms with E-state index in [0.29, 0.717) is 0 Å². The zero-order chi connectivity index (χ0) is 52.1. The summed E-state index contributed by atoms with van der Waals surface area (Å²) in [4.78, 5) is 0. The Hall–Kier alpha value is -8.78. The second-order valence-corrected chi connectivity index (χ2v) is 19.3. The Labute approximate surface area is 442 Å². The molecule has 360 valence electrons. The predicted octanol–water partition coefficient (Wildman–Crippen LogP) is 17.7. The minimum atomic E-state index is 0.800. The molecule has 9 rings (SSSR count). The van der Waals surface area contributed by atoms with Crippen molar-refractivity contribution in [3.63, 3.8) is 0 Å². The monoisotopic (exact) mass is 953 g/mol. The van der Waals surface area contributed by atoms with Crippen LogP contribution in [0.15, 0.2) is 221 Å². The SMILES string of the molecule is CC.CC1=CC=C(C2=C(C#Cc3ccc(C)cc3)/C(c3ccc(C)cc3)=C(C#Cc3ccc(C)cc3)\C(c3ccc(C)cc3)=C(C#Cc3ccc(C)cc3)/C(c3ccc(C)cc3)=C\2C#Cc2ccc(C)cc2)CC1. The Kier molecular flexibility index (Phi) is 16.8. The summed E-state index contributed by atoms with van der Waals surface area (Å²) in [5.74, 6) is 30.6. The van der Waals surface area contributed by atoms with E-state index in [1.807, 2.05) is 13.8 Å². The van der Waals surface area contributed by atoms with E-state index in [1.165, 1.54) is 27.8 Å². The highest BCUT2D eigenvalue weighted by atomic mass is 14.3. The van der Waals surface area contributed by atoms with E-state index < -0.39 is 0 Å². The lowest BCUT2D eigenvalue weighted by molar-refractivity contribution is 0.915. The molecule has 0 amide bonds. The molecule has 0 bridgehead atoms. The summed E-state index contributed by atoms with van der Waals surface area (Å²) in [6.07, 6.45) is 6.27. The molecule has 0 fully saturated rings. The van der Waals surface area contributed by atoms with Crippen LogP contribution in [0.2, 0.25) is 0 Å². The van der Waals surface area contributed by atoms with Crippen LogP contribution in [0.1, 0.15) is 112 Å². The fourth-order valence-corrected chi connectivity index (χ4v) is 8.88. The molecule has 0 saturated heterocycles. The van der Waals surface area contributed by atoms with Crippen molar-refractivity contribution in [2.24, 2.45) is 0 Å². The lowest BCUT2D eigenvalue weighted by atomic mass is 9.73. The fourth-order valence-electron chi connectivity index (χ4n) is 8.88. The molecule has 0 aliphatic heterocycles. The number of rotatable bonds is 4. The number of hydrogen-bond acceptors (Lipinski definition) is 0. The van der Waals surface area contributed by atoms with Crippen molar-refractivity contribution in [1.82, 2.24) is 0 Å². The van der Waals surface area contributed by atoms with Crippen molar-refractivity contribution in [2.75, 3.05) is 0 Å². The van der Waals surface area contributed by atoms with E-state index in [0.717, 1.165) is 119 Å². The molecule has 0 spiro atoms. The molecule has 0 N–H and O–H groups in total. The first-order valence-corrected chi connectivity index (χ1v) is 25.9. The highest BCUT2D eigenvalue weighted by Gasteiger charge is 2.32. The number of aryl methyl sites for hydroxylation is 7. The average molecular weight is 953 g/mol. The summed E-state index contributed by atoms with van der Waals surface area (Å²) in [6, 6.07) is 60.5. The van der Waals surface area contributed by atoms with Crippen LogP contribution in [-0.4, -0.2) is 0 Å². The Bertz CT molecular complexity index is 3610. The van der Waals surface area contributed by atoms with Crippen LogP contribution in [0.4, 0.5) is 0 Å². The topological polar surface area (TPSA) is 0 Å². The Morgan fingerprint density at radius 2 is 0.473 bits per heavy atom. The molecule has 0 nitrogen and oxygen atoms in total. The zero-order valence-corrected chi connectivity index (χ0v) is 44.7. The third-order valence-corrected chi connectivity index (χ3v) is 13.2. The van der Waals surface area contributed by atoms with Crippen molar-refractivity contribution in [3.05, 3.63) is 299 Å². The zero-order valence-electron chi connectivity index (χ0n) is 44.7. The number of benzene rings is 7. The van der Waals surface area contributed by atoms with Crippen LogP contribution in [0.5, 0.6) is 0 Å². The third kappa shape index (κ3) is 12.6. The summed E-state index contributed by atoms with van der Waals surface area (Å²) >= 11 is 0. The van der Waals surface area contributed by atoms with Gasteiger partial charge in [-0.3, -0.25) is 0 Å². The standard InChI is InChI=1S/C72H58.C2H6/c1-49-9-25-57(26-10-49)33-45-65-69(61-37-17-53(5)18-38-61)66(46-34-58-27-11-50(2)12-28-58)71(63-41-21-55(7)22-42-63)68(48-36-60-31-15-52(4)16-32-60)72(64-43-23-56(8)24-44-64)67(47-35-59-29-13-51(3)14-30-59)70(65)62-39-19-54(6)20-40-62;1-2/h9-23,25-32,37-43H,24,44H2,1-8H3;1-2H3/b69-65-,69-66?,70-65?,70-67-,71-66-,71-68?,72-67?,72-68-;. The van der Waals surface area contributed by atoms with E-state index in [4.69, 9.17) is 0 Å². The van der Waals surface area contributed by atoms with Gasteiger partial charge < -0.3 is 0 Å². The molecular formula is C74H64. The summed E-state index contributed by atoms with van der Waals surface area (Å²) in [5.41, 5.74) is 24.5. The van der Waals surface area contributed by atoms with Crippen molar-refractivity contribution in [2.45, 2.75) is 82.1 Å². The number of hydrogen-bond donors (Lipinski definition) is 0.